The second-order valence-corrected chi connectivity index (χ2v) is 5.59. The van der Waals surface area contributed by atoms with Gasteiger partial charge in [0, 0.05) is 11.6 Å². The molecule has 0 aliphatic heterocycles. The molecule has 6 heteroatoms. The molecule has 3 N–H and O–H groups in total. The molecule has 0 unspecified atom stereocenters. The molecule has 0 atom stereocenters. The summed E-state index contributed by atoms with van der Waals surface area (Å²) in [5, 5.41) is 2.61. The van der Waals surface area contributed by atoms with Gasteiger partial charge in [-0.1, -0.05) is 12.7 Å². The van der Waals surface area contributed by atoms with E-state index in [-0.39, 0.29) is 6.61 Å². The Morgan fingerprint density at radius 1 is 1.45 bits per heavy atom. The highest BCUT2D eigenvalue weighted by atomic mass is 16.6. The second-order valence-electron chi connectivity index (χ2n) is 5.59. The van der Waals surface area contributed by atoms with Crippen molar-refractivity contribution in [2.24, 2.45) is 4.99 Å². The number of ether oxygens (including phenoxy) is 2. The van der Waals surface area contributed by atoms with E-state index >= 15 is 0 Å². The largest absolute Gasteiger partial charge is 0.492 e. The van der Waals surface area contributed by atoms with Crippen LogP contribution in [0.5, 0.6) is 5.75 Å². The normalized spacial score (nSPS) is 10.7. The second kappa shape index (κ2) is 7.49. The molecular weight excluding hydrogens is 282 g/mol. The Bertz CT molecular complexity index is 562. The van der Waals surface area contributed by atoms with Gasteiger partial charge >= 0.3 is 6.09 Å². The molecule has 0 fully saturated rings. The lowest BCUT2D eigenvalue weighted by Gasteiger charge is -2.19. The number of aliphatic imine (C=N–C) groups is 1. The maximum absolute atomic E-state index is 11.5. The minimum Gasteiger partial charge on any atom is -0.492 e. The maximum atomic E-state index is 11.5. The average Bonchev–Trinajstić information content (AvgIpc) is 2.41. The van der Waals surface area contributed by atoms with Crippen molar-refractivity contribution in [3.63, 3.8) is 0 Å². The Morgan fingerprint density at radius 3 is 2.68 bits per heavy atom. The SMILES string of the molecule is C=Cc1cc(OCCNC(=O)OC(C)(C)C)cc(N)c1N=C. The minimum absolute atomic E-state index is 0.288. The maximum Gasteiger partial charge on any atom is 0.407 e. The van der Waals surface area contributed by atoms with Crippen LogP contribution in [0.1, 0.15) is 26.3 Å². The summed E-state index contributed by atoms with van der Waals surface area (Å²) in [7, 11) is 0. The average molecular weight is 305 g/mol. The quantitative estimate of drug-likeness (QED) is 0.480. The molecular formula is C16H23N3O3. The summed E-state index contributed by atoms with van der Waals surface area (Å²) in [6.07, 6.45) is 1.15. The van der Waals surface area contributed by atoms with Gasteiger partial charge in [-0.25, -0.2) is 4.79 Å². The van der Waals surface area contributed by atoms with E-state index in [9.17, 15) is 4.79 Å². The molecule has 0 radical (unpaired) electrons. The first-order chi connectivity index (χ1) is 10.3. The van der Waals surface area contributed by atoms with Crippen LogP contribution in [0.25, 0.3) is 6.08 Å². The Kier molecular flexibility index (Phi) is 5.98. The number of nitrogens with zero attached hydrogens (tertiary/aromatic N) is 1. The van der Waals surface area contributed by atoms with Crippen molar-refractivity contribution in [3.8, 4) is 5.75 Å². The van der Waals surface area contributed by atoms with Crippen LogP contribution in [-0.2, 0) is 4.74 Å². The Labute approximate surface area is 131 Å². The van der Waals surface area contributed by atoms with Gasteiger partial charge in [-0.3, -0.25) is 4.99 Å². The molecule has 1 aromatic carbocycles. The topological polar surface area (TPSA) is 85.9 Å². The van der Waals surface area contributed by atoms with Gasteiger partial charge in [0.05, 0.1) is 17.9 Å². The van der Waals surface area contributed by atoms with Crippen LogP contribution in [0.15, 0.2) is 23.7 Å². The molecule has 0 aliphatic rings. The van der Waals surface area contributed by atoms with Crippen molar-refractivity contribution in [1.82, 2.24) is 5.32 Å². The summed E-state index contributed by atoms with van der Waals surface area (Å²) < 4.78 is 10.7. The summed E-state index contributed by atoms with van der Waals surface area (Å²) in [6.45, 7) is 13.2. The molecule has 0 spiro atoms. The van der Waals surface area contributed by atoms with E-state index < -0.39 is 11.7 Å². The van der Waals surface area contributed by atoms with Crippen LogP contribution in [0, 0.1) is 0 Å². The van der Waals surface area contributed by atoms with Gasteiger partial charge in [-0.2, -0.15) is 0 Å². The highest BCUT2D eigenvalue weighted by Gasteiger charge is 2.15. The zero-order chi connectivity index (χ0) is 16.8. The number of benzene rings is 1. The van der Waals surface area contributed by atoms with E-state index in [0.717, 1.165) is 5.56 Å². The van der Waals surface area contributed by atoms with Gasteiger partial charge in [0.2, 0.25) is 0 Å². The first kappa shape index (κ1) is 17.6. The molecule has 0 saturated carbocycles. The molecule has 0 aliphatic carbocycles. The number of carbonyl (C=O) groups excluding carboxylic acids is 1. The van der Waals surface area contributed by atoms with E-state index in [2.05, 4.69) is 23.6 Å². The zero-order valence-electron chi connectivity index (χ0n) is 13.3. The van der Waals surface area contributed by atoms with Crippen molar-refractivity contribution in [2.45, 2.75) is 26.4 Å². The third kappa shape index (κ3) is 5.47. The van der Waals surface area contributed by atoms with Crippen LogP contribution in [0.4, 0.5) is 16.2 Å². The van der Waals surface area contributed by atoms with Crippen LogP contribution >= 0.6 is 0 Å². The lowest BCUT2D eigenvalue weighted by Crippen LogP contribution is -2.34. The highest BCUT2D eigenvalue weighted by Crippen LogP contribution is 2.32. The summed E-state index contributed by atoms with van der Waals surface area (Å²) in [4.78, 5) is 15.3. The minimum atomic E-state index is -0.522. The van der Waals surface area contributed by atoms with Crippen molar-refractivity contribution in [3.05, 3.63) is 24.3 Å². The number of amides is 1. The molecule has 1 aromatic rings. The molecule has 0 heterocycles. The fraction of sp³-hybridized carbons (Fsp3) is 0.375. The number of nitrogens with one attached hydrogen (secondary N) is 1. The van der Waals surface area contributed by atoms with Gasteiger partial charge in [-0.15, -0.1) is 0 Å². The van der Waals surface area contributed by atoms with Crippen molar-refractivity contribution >= 4 is 30.3 Å². The van der Waals surface area contributed by atoms with Gasteiger partial charge < -0.3 is 20.5 Å². The van der Waals surface area contributed by atoms with Crippen LogP contribution in [0.2, 0.25) is 0 Å². The fourth-order valence-electron chi connectivity index (χ4n) is 1.71. The van der Waals surface area contributed by atoms with Crippen LogP contribution in [0.3, 0.4) is 0 Å². The van der Waals surface area contributed by atoms with E-state index in [1.165, 1.54) is 0 Å². The number of hydrogen-bond acceptors (Lipinski definition) is 5. The van der Waals surface area contributed by atoms with Gasteiger partial charge in [-0.05, 0) is 33.6 Å². The Morgan fingerprint density at radius 2 is 2.14 bits per heavy atom. The van der Waals surface area contributed by atoms with Gasteiger partial charge in [0.1, 0.15) is 18.0 Å². The van der Waals surface area contributed by atoms with Gasteiger partial charge in [0.15, 0.2) is 0 Å². The predicted octanol–water partition coefficient (Wildman–Crippen LogP) is 3.15. The smallest absolute Gasteiger partial charge is 0.407 e. The summed E-state index contributed by atoms with van der Waals surface area (Å²) in [6, 6.07) is 3.42. The number of alkyl carbamates (subject to hydrolysis) is 1. The van der Waals surface area contributed by atoms with Crippen molar-refractivity contribution in [2.75, 3.05) is 18.9 Å². The van der Waals surface area contributed by atoms with Crippen molar-refractivity contribution in [1.29, 1.82) is 0 Å². The van der Waals surface area contributed by atoms with E-state index in [0.29, 0.717) is 23.7 Å². The monoisotopic (exact) mass is 305 g/mol. The lowest BCUT2D eigenvalue weighted by atomic mass is 10.1. The molecule has 1 amide bonds. The Balaban J connectivity index is 2.52. The van der Waals surface area contributed by atoms with E-state index in [4.69, 9.17) is 15.2 Å². The molecule has 0 aromatic heterocycles. The summed E-state index contributed by atoms with van der Waals surface area (Å²) in [5.41, 5.74) is 7.14. The highest BCUT2D eigenvalue weighted by molar-refractivity contribution is 5.78. The number of carbonyl (C=O) groups is 1. The summed E-state index contributed by atoms with van der Waals surface area (Å²) >= 11 is 0. The number of hydrogen-bond donors (Lipinski definition) is 2. The fourth-order valence-corrected chi connectivity index (χ4v) is 1.71. The first-order valence-corrected chi connectivity index (χ1v) is 6.89. The van der Waals surface area contributed by atoms with Crippen LogP contribution in [-0.4, -0.2) is 31.6 Å². The predicted molar refractivity (Wildman–Crippen MR) is 89.9 cm³/mol. The third-order valence-electron chi connectivity index (χ3n) is 2.56. The lowest BCUT2D eigenvalue weighted by molar-refractivity contribution is 0.0520. The Hall–Kier alpha value is -2.50. The zero-order valence-corrected chi connectivity index (χ0v) is 13.3. The molecule has 120 valence electrons. The first-order valence-electron chi connectivity index (χ1n) is 6.89. The third-order valence-corrected chi connectivity index (χ3v) is 2.56. The molecule has 22 heavy (non-hydrogen) atoms. The number of nitrogens with two attached hydrogens (primary N) is 1. The van der Waals surface area contributed by atoms with Crippen molar-refractivity contribution < 1.29 is 14.3 Å². The molecule has 0 bridgehead atoms. The summed E-state index contributed by atoms with van der Waals surface area (Å²) in [5.74, 6) is 0.575. The number of nitrogen functional groups attached to an aromatic ring is 1. The standard InChI is InChI=1S/C16H23N3O3/c1-6-11-9-12(10-13(17)14(11)18-5)21-8-7-19-15(20)22-16(2,3)4/h6,9-10H,1,5,7-8,17H2,2-4H3,(H,19,20). The van der Waals surface area contributed by atoms with E-state index in [1.54, 1.807) is 39.0 Å². The number of anilines is 1. The molecule has 0 saturated heterocycles. The van der Waals surface area contributed by atoms with E-state index in [1.807, 2.05) is 0 Å². The number of rotatable bonds is 6. The molecule has 6 nitrogen and oxygen atoms in total. The molecule has 1 rings (SSSR count). The van der Waals surface area contributed by atoms with Gasteiger partial charge in [0.25, 0.3) is 0 Å². The van der Waals surface area contributed by atoms with Crippen LogP contribution < -0.4 is 15.8 Å².